The second-order valence-corrected chi connectivity index (χ2v) is 7.77. The van der Waals surface area contributed by atoms with Gasteiger partial charge in [-0.1, -0.05) is 0 Å². The number of hydrogen-bond acceptors (Lipinski definition) is 6. The molecule has 1 unspecified atom stereocenters. The van der Waals surface area contributed by atoms with Crippen LogP contribution in [-0.2, 0) is 11.3 Å². The second kappa shape index (κ2) is 8.25. The van der Waals surface area contributed by atoms with Crippen LogP contribution in [0, 0.1) is 0 Å². The number of nitrogens with zero attached hydrogens (tertiary/aromatic N) is 4. The summed E-state index contributed by atoms with van der Waals surface area (Å²) in [5, 5.41) is 2.56. The van der Waals surface area contributed by atoms with Gasteiger partial charge in [-0.25, -0.2) is 4.98 Å². The summed E-state index contributed by atoms with van der Waals surface area (Å²) in [7, 11) is 0. The molecule has 0 aromatic carbocycles. The number of piperazine rings is 1. The maximum absolute atomic E-state index is 12.5. The molecule has 2 saturated heterocycles. The fourth-order valence-electron chi connectivity index (χ4n) is 3.52. The quantitative estimate of drug-likeness (QED) is 0.852. The summed E-state index contributed by atoms with van der Waals surface area (Å²) in [5.74, 6) is 0.186. The number of piperidine rings is 1. The molecule has 1 aromatic heterocycles. The molecule has 2 aliphatic rings. The zero-order valence-corrected chi connectivity index (χ0v) is 15.6. The van der Waals surface area contributed by atoms with Crippen LogP contribution in [0.1, 0.15) is 41.7 Å². The van der Waals surface area contributed by atoms with Crippen molar-refractivity contribution in [3.8, 4) is 0 Å². The Hall–Kier alpha value is -1.51. The van der Waals surface area contributed by atoms with Crippen molar-refractivity contribution in [3.63, 3.8) is 0 Å². The number of rotatable bonds is 4. The monoisotopic (exact) mass is 365 g/mol. The number of carbonyl (C=O) groups is 2. The highest BCUT2D eigenvalue weighted by atomic mass is 32.1. The van der Waals surface area contributed by atoms with Gasteiger partial charge in [-0.05, 0) is 26.2 Å². The van der Waals surface area contributed by atoms with Gasteiger partial charge in [0.15, 0.2) is 0 Å². The average molecular weight is 366 g/mol. The smallest absolute Gasteiger partial charge is 0.273 e. The standard InChI is InChI=1S/C17H27N5O2S/c1-13-4-2-3-5-22(13)16(23)11-20-6-8-21(9-7-20)17(24)14-12-25-15(10-18)19-14/h12-13H,2-11,18H2,1H3. The Bertz CT molecular complexity index is 612. The molecular weight excluding hydrogens is 338 g/mol. The SMILES string of the molecule is CC1CCCCN1C(=O)CN1CCN(C(=O)c2csc(CN)n2)CC1. The number of amides is 2. The van der Waals surface area contributed by atoms with Gasteiger partial charge >= 0.3 is 0 Å². The first-order valence-electron chi connectivity index (χ1n) is 9.04. The van der Waals surface area contributed by atoms with Gasteiger partial charge in [-0.2, -0.15) is 0 Å². The van der Waals surface area contributed by atoms with Gasteiger partial charge < -0.3 is 15.5 Å². The van der Waals surface area contributed by atoms with Crippen molar-refractivity contribution in [2.45, 2.75) is 38.8 Å². The molecule has 0 spiro atoms. The Kier molecular flexibility index (Phi) is 6.03. The largest absolute Gasteiger partial charge is 0.339 e. The van der Waals surface area contributed by atoms with E-state index < -0.39 is 0 Å². The molecule has 1 atom stereocenters. The molecule has 2 N–H and O–H groups in total. The molecule has 3 heterocycles. The van der Waals surface area contributed by atoms with E-state index in [2.05, 4.69) is 16.8 Å². The molecule has 1 aromatic rings. The molecule has 0 aliphatic carbocycles. The predicted octanol–water partition coefficient (Wildman–Crippen LogP) is 0.761. The van der Waals surface area contributed by atoms with Crippen molar-refractivity contribution >= 4 is 23.2 Å². The molecule has 3 rings (SSSR count). The van der Waals surface area contributed by atoms with Gasteiger partial charge in [-0.3, -0.25) is 14.5 Å². The van der Waals surface area contributed by atoms with Crippen molar-refractivity contribution in [2.75, 3.05) is 39.3 Å². The lowest BCUT2D eigenvalue weighted by atomic mass is 10.0. The molecule has 0 saturated carbocycles. The minimum atomic E-state index is -0.0356. The minimum absolute atomic E-state index is 0.0356. The lowest BCUT2D eigenvalue weighted by molar-refractivity contribution is -0.136. The molecule has 0 bridgehead atoms. The fourth-order valence-corrected chi connectivity index (χ4v) is 4.17. The van der Waals surface area contributed by atoms with Gasteiger partial charge in [0.05, 0.1) is 6.54 Å². The van der Waals surface area contributed by atoms with Gasteiger partial charge in [-0.15, -0.1) is 11.3 Å². The fraction of sp³-hybridized carbons (Fsp3) is 0.706. The van der Waals surface area contributed by atoms with Crippen LogP contribution >= 0.6 is 11.3 Å². The van der Waals surface area contributed by atoms with Crippen LogP contribution in [0.4, 0.5) is 0 Å². The molecule has 2 fully saturated rings. The third-order valence-corrected chi connectivity index (χ3v) is 5.96. The van der Waals surface area contributed by atoms with Gasteiger partial charge in [0.1, 0.15) is 10.7 Å². The molecule has 2 amide bonds. The summed E-state index contributed by atoms with van der Waals surface area (Å²) >= 11 is 1.42. The molecule has 0 radical (unpaired) electrons. The number of nitrogens with two attached hydrogens (primary N) is 1. The highest BCUT2D eigenvalue weighted by Crippen LogP contribution is 2.17. The minimum Gasteiger partial charge on any atom is -0.339 e. The molecule has 25 heavy (non-hydrogen) atoms. The van der Waals surface area contributed by atoms with Crippen LogP contribution in [0.25, 0.3) is 0 Å². The van der Waals surface area contributed by atoms with E-state index in [1.54, 1.807) is 5.38 Å². The highest BCUT2D eigenvalue weighted by molar-refractivity contribution is 7.09. The summed E-state index contributed by atoms with van der Waals surface area (Å²) < 4.78 is 0. The topological polar surface area (TPSA) is 82.8 Å². The van der Waals surface area contributed by atoms with Crippen LogP contribution in [0.15, 0.2) is 5.38 Å². The summed E-state index contributed by atoms with van der Waals surface area (Å²) in [4.78, 5) is 35.3. The van der Waals surface area contributed by atoms with Crippen molar-refractivity contribution in [1.82, 2.24) is 19.7 Å². The van der Waals surface area contributed by atoms with E-state index in [-0.39, 0.29) is 11.8 Å². The van der Waals surface area contributed by atoms with Crippen molar-refractivity contribution in [1.29, 1.82) is 0 Å². The number of likely N-dealkylation sites (tertiary alicyclic amines) is 1. The van der Waals surface area contributed by atoms with E-state index in [0.29, 0.717) is 37.9 Å². The highest BCUT2D eigenvalue weighted by Gasteiger charge is 2.28. The maximum Gasteiger partial charge on any atom is 0.273 e. The van der Waals surface area contributed by atoms with E-state index in [9.17, 15) is 9.59 Å². The van der Waals surface area contributed by atoms with E-state index in [1.165, 1.54) is 17.8 Å². The lowest BCUT2D eigenvalue weighted by Crippen LogP contribution is -2.53. The van der Waals surface area contributed by atoms with Gasteiger partial charge in [0, 0.05) is 50.7 Å². The van der Waals surface area contributed by atoms with Crippen molar-refractivity contribution in [3.05, 3.63) is 16.1 Å². The summed E-state index contributed by atoms with van der Waals surface area (Å²) in [6.07, 6.45) is 3.43. The Balaban J connectivity index is 1.48. The van der Waals surface area contributed by atoms with E-state index in [1.807, 2.05) is 9.80 Å². The van der Waals surface area contributed by atoms with Crippen LogP contribution in [0.2, 0.25) is 0 Å². The summed E-state index contributed by atoms with van der Waals surface area (Å²) in [6.45, 7) is 6.57. The molecule has 138 valence electrons. The van der Waals surface area contributed by atoms with E-state index in [0.717, 1.165) is 37.5 Å². The van der Waals surface area contributed by atoms with Crippen LogP contribution in [-0.4, -0.2) is 76.8 Å². The van der Waals surface area contributed by atoms with Crippen molar-refractivity contribution < 1.29 is 9.59 Å². The Morgan fingerprint density at radius 1 is 1.24 bits per heavy atom. The zero-order chi connectivity index (χ0) is 17.8. The predicted molar refractivity (Wildman–Crippen MR) is 97.4 cm³/mol. The average Bonchev–Trinajstić information content (AvgIpc) is 3.11. The Morgan fingerprint density at radius 2 is 2.00 bits per heavy atom. The number of aromatic nitrogens is 1. The molecule has 8 heteroatoms. The molecular formula is C17H27N5O2S. The molecule has 7 nitrogen and oxygen atoms in total. The maximum atomic E-state index is 12.5. The summed E-state index contributed by atoms with van der Waals surface area (Å²) in [5.41, 5.74) is 6.04. The first-order chi connectivity index (χ1) is 12.1. The first kappa shape index (κ1) is 18.3. The van der Waals surface area contributed by atoms with Crippen molar-refractivity contribution in [2.24, 2.45) is 5.73 Å². The third-order valence-electron chi connectivity index (χ3n) is 5.09. The second-order valence-electron chi connectivity index (χ2n) is 6.83. The number of hydrogen-bond donors (Lipinski definition) is 1. The Morgan fingerprint density at radius 3 is 2.64 bits per heavy atom. The Labute approximate surface area is 152 Å². The number of thiazole rings is 1. The van der Waals surface area contributed by atoms with E-state index >= 15 is 0 Å². The molecule has 2 aliphatic heterocycles. The van der Waals surface area contributed by atoms with Crippen LogP contribution < -0.4 is 5.73 Å². The van der Waals surface area contributed by atoms with Gasteiger partial charge in [0.25, 0.3) is 5.91 Å². The zero-order valence-electron chi connectivity index (χ0n) is 14.8. The number of carbonyl (C=O) groups excluding carboxylic acids is 2. The van der Waals surface area contributed by atoms with Crippen LogP contribution in [0.3, 0.4) is 0 Å². The summed E-state index contributed by atoms with van der Waals surface area (Å²) in [6, 6.07) is 0.352. The third kappa shape index (κ3) is 4.37. The van der Waals surface area contributed by atoms with Crippen LogP contribution in [0.5, 0.6) is 0 Å². The van der Waals surface area contributed by atoms with E-state index in [4.69, 9.17) is 5.73 Å². The van der Waals surface area contributed by atoms with Gasteiger partial charge in [0.2, 0.25) is 5.91 Å². The first-order valence-corrected chi connectivity index (χ1v) is 9.92. The normalized spacial score (nSPS) is 22.2. The lowest BCUT2D eigenvalue weighted by Gasteiger charge is -2.37.